The van der Waals surface area contributed by atoms with E-state index in [1.165, 1.54) is 48.5 Å². The van der Waals surface area contributed by atoms with Gasteiger partial charge in [0.2, 0.25) is 0 Å². The smallest absolute Gasteiger partial charge is 0.269 e. The molecule has 0 bridgehead atoms. The number of hydrogen-bond donors (Lipinski definition) is 0. The topological polar surface area (TPSA) is 105 Å². The van der Waals surface area contributed by atoms with Crippen LogP contribution >= 0.6 is 0 Å². The molecule has 0 aliphatic rings. The second kappa shape index (κ2) is 9.30. The number of nitro benzene ring substituents is 2. The summed E-state index contributed by atoms with van der Waals surface area (Å²) in [5.74, 6) is 11.5. The second-order valence-corrected chi connectivity index (χ2v) is 4.68. The highest BCUT2D eigenvalue weighted by molar-refractivity contribution is 5.37. The molecular formula is C18H12N2O6. The molecule has 0 atom stereocenters. The molecule has 0 N–H and O–H groups in total. The average molecular weight is 352 g/mol. The second-order valence-electron chi connectivity index (χ2n) is 4.68. The lowest BCUT2D eigenvalue weighted by Gasteiger charge is -2.00. The van der Waals surface area contributed by atoms with Crippen LogP contribution in [0, 0.1) is 43.9 Å². The fraction of sp³-hybridized carbons (Fsp3) is 0.111. The van der Waals surface area contributed by atoms with Crippen molar-refractivity contribution in [3.05, 3.63) is 68.8 Å². The SMILES string of the molecule is O=[N+]([O-])c1ccc(OCC#CC#CCOc2ccc([N+](=O)[O-])cc2)cc1. The van der Waals surface area contributed by atoms with E-state index in [1.807, 2.05) is 0 Å². The molecule has 0 aromatic heterocycles. The molecule has 0 saturated heterocycles. The van der Waals surface area contributed by atoms with Gasteiger partial charge >= 0.3 is 0 Å². The van der Waals surface area contributed by atoms with Crippen molar-refractivity contribution >= 4 is 11.4 Å². The highest BCUT2D eigenvalue weighted by Crippen LogP contribution is 2.17. The van der Waals surface area contributed by atoms with Gasteiger partial charge in [-0.15, -0.1) is 0 Å². The standard InChI is InChI=1S/C18H12N2O6/c21-19(22)15-5-9-17(10-6-15)25-13-3-1-2-4-14-26-18-11-7-16(8-12-18)20(23)24/h5-12H,13-14H2. The third-order valence-electron chi connectivity index (χ3n) is 2.96. The highest BCUT2D eigenvalue weighted by Gasteiger charge is 2.04. The molecule has 0 saturated carbocycles. The van der Waals surface area contributed by atoms with Crippen LogP contribution in [0.25, 0.3) is 0 Å². The summed E-state index contributed by atoms with van der Waals surface area (Å²) < 4.78 is 10.6. The Bertz CT molecular complexity index is 822. The van der Waals surface area contributed by atoms with Crippen LogP contribution in [0.4, 0.5) is 11.4 Å². The maximum atomic E-state index is 10.5. The predicted octanol–water partition coefficient (Wildman–Crippen LogP) is 2.97. The fourth-order valence-electron chi connectivity index (χ4n) is 1.73. The van der Waals surface area contributed by atoms with Gasteiger partial charge in [0, 0.05) is 24.3 Å². The summed E-state index contributed by atoms with van der Waals surface area (Å²) in [6.45, 7) is 0.186. The van der Waals surface area contributed by atoms with Gasteiger partial charge in [0.25, 0.3) is 11.4 Å². The Morgan fingerprint density at radius 1 is 0.692 bits per heavy atom. The van der Waals surface area contributed by atoms with E-state index >= 15 is 0 Å². The molecule has 0 spiro atoms. The van der Waals surface area contributed by atoms with Gasteiger partial charge in [0.1, 0.15) is 24.7 Å². The van der Waals surface area contributed by atoms with Crippen LogP contribution in [-0.4, -0.2) is 23.1 Å². The van der Waals surface area contributed by atoms with Crippen molar-refractivity contribution in [2.24, 2.45) is 0 Å². The van der Waals surface area contributed by atoms with Crippen LogP contribution in [0.3, 0.4) is 0 Å². The minimum absolute atomic E-state index is 0.0117. The Kier molecular flexibility index (Phi) is 6.55. The first kappa shape index (κ1) is 18.3. The van der Waals surface area contributed by atoms with Crippen LogP contribution in [-0.2, 0) is 0 Å². The van der Waals surface area contributed by atoms with Crippen LogP contribution in [0.15, 0.2) is 48.5 Å². The van der Waals surface area contributed by atoms with Gasteiger partial charge in [0.05, 0.1) is 9.85 Å². The van der Waals surface area contributed by atoms with Gasteiger partial charge in [-0.25, -0.2) is 0 Å². The Morgan fingerprint density at radius 3 is 1.35 bits per heavy atom. The fourth-order valence-corrected chi connectivity index (χ4v) is 1.73. The summed E-state index contributed by atoms with van der Waals surface area (Å²) in [6, 6.07) is 11.3. The third-order valence-corrected chi connectivity index (χ3v) is 2.96. The van der Waals surface area contributed by atoms with Crippen molar-refractivity contribution in [2.75, 3.05) is 13.2 Å². The molecule has 0 aliphatic heterocycles. The number of benzene rings is 2. The van der Waals surface area contributed by atoms with Gasteiger partial charge in [-0.05, 0) is 47.9 Å². The number of hydrogen-bond acceptors (Lipinski definition) is 6. The summed E-state index contributed by atoms with van der Waals surface area (Å²) >= 11 is 0. The molecule has 0 heterocycles. The molecule has 26 heavy (non-hydrogen) atoms. The molecule has 0 radical (unpaired) electrons. The summed E-state index contributed by atoms with van der Waals surface area (Å²) in [5, 5.41) is 21.0. The zero-order chi connectivity index (χ0) is 18.8. The maximum Gasteiger partial charge on any atom is 0.269 e. The van der Waals surface area contributed by atoms with Gasteiger partial charge in [0.15, 0.2) is 0 Å². The normalized spacial score (nSPS) is 9.08. The molecule has 0 fully saturated rings. The summed E-state index contributed by atoms with van der Waals surface area (Å²) in [7, 11) is 0. The lowest BCUT2D eigenvalue weighted by molar-refractivity contribution is -0.385. The maximum absolute atomic E-state index is 10.5. The number of ether oxygens (including phenoxy) is 2. The zero-order valence-corrected chi connectivity index (χ0v) is 13.4. The first-order valence-corrected chi connectivity index (χ1v) is 7.26. The number of rotatable bonds is 6. The minimum Gasteiger partial charge on any atom is -0.481 e. The van der Waals surface area contributed by atoms with Crippen LogP contribution in [0.1, 0.15) is 0 Å². The lowest BCUT2D eigenvalue weighted by Crippen LogP contribution is -1.95. The monoisotopic (exact) mass is 352 g/mol. The van der Waals surface area contributed by atoms with E-state index in [0.29, 0.717) is 11.5 Å². The average Bonchev–Trinajstić information content (AvgIpc) is 2.64. The first-order chi connectivity index (χ1) is 12.6. The van der Waals surface area contributed by atoms with Crippen molar-refractivity contribution in [3.63, 3.8) is 0 Å². The van der Waals surface area contributed by atoms with Crippen molar-refractivity contribution in [1.82, 2.24) is 0 Å². The van der Waals surface area contributed by atoms with Crippen molar-refractivity contribution in [2.45, 2.75) is 0 Å². The zero-order valence-electron chi connectivity index (χ0n) is 13.4. The Labute approximate surface area is 148 Å². The molecule has 8 nitrogen and oxygen atoms in total. The van der Waals surface area contributed by atoms with E-state index in [2.05, 4.69) is 23.7 Å². The Morgan fingerprint density at radius 2 is 1.04 bits per heavy atom. The first-order valence-electron chi connectivity index (χ1n) is 7.26. The van der Waals surface area contributed by atoms with Crippen LogP contribution in [0.5, 0.6) is 11.5 Å². The highest BCUT2D eigenvalue weighted by atomic mass is 16.6. The van der Waals surface area contributed by atoms with E-state index in [-0.39, 0.29) is 24.6 Å². The van der Waals surface area contributed by atoms with Gasteiger partial charge < -0.3 is 9.47 Å². The van der Waals surface area contributed by atoms with E-state index in [9.17, 15) is 20.2 Å². The molecule has 0 unspecified atom stereocenters. The van der Waals surface area contributed by atoms with E-state index in [0.717, 1.165) is 0 Å². The minimum atomic E-state index is -0.488. The number of non-ortho nitro benzene ring substituents is 2. The third kappa shape index (κ3) is 5.87. The van der Waals surface area contributed by atoms with Gasteiger partial charge in [-0.3, -0.25) is 20.2 Å². The number of nitro groups is 2. The molecule has 2 aromatic rings. The summed E-state index contributed by atoms with van der Waals surface area (Å²) in [6.07, 6.45) is 0. The molecule has 2 rings (SSSR count). The Balaban J connectivity index is 1.71. The molecule has 2 aromatic carbocycles. The molecule has 8 heteroatoms. The quantitative estimate of drug-likeness (QED) is 0.450. The van der Waals surface area contributed by atoms with E-state index in [1.54, 1.807) is 0 Å². The van der Waals surface area contributed by atoms with Crippen LogP contribution < -0.4 is 9.47 Å². The van der Waals surface area contributed by atoms with Crippen molar-refractivity contribution in [3.8, 4) is 35.2 Å². The molecule has 0 aliphatic carbocycles. The lowest BCUT2D eigenvalue weighted by atomic mass is 10.3. The van der Waals surface area contributed by atoms with E-state index < -0.39 is 9.85 Å². The van der Waals surface area contributed by atoms with Gasteiger partial charge in [-0.1, -0.05) is 0 Å². The van der Waals surface area contributed by atoms with E-state index in [4.69, 9.17) is 9.47 Å². The van der Waals surface area contributed by atoms with Crippen molar-refractivity contribution < 1.29 is 19.3 Å². The summed E-state index contributed by atoms with van der Waals surface area (Å²) in [4.78, 5) is 20.1. The van der Waals surface area contributed by atoms with Crippen LogP contribution in [0.2, 0.25) is 0 Å². The predicted molar refractivity (Wildman–Crippen MR) is 92.7 cm³/mol. The molecule has 0 amide bonds. The molecule has 130 valence electrons. The largest absolute Gasteiger partial charge is 0.481 e. The Hall–Kier alpha value is -4.04. The van der Waals surface area contributed by atoms with Gasteiger partial charge in [-0.2, -0.15) is 0 Å². The number of nitrogens with zero attached hydrogens (tertiary/aromatic N) is 2. The van der Waals surface area contributed by atoms with Crippen molar-refractivity contribution in [1.29, 1.82) is 0 Å². The summed E-state index contributed by atoms with van der Waals surface area (Å²) in [5.41, 5.74) is -0.0235. The molecular weight excluding hydrogens is 340 g/mol.